The first-order valence-corrected chi connectivity index (χ1v) is 11.3. The third-order valence-corrected chi connectivity index (χ3v) is 6.72. The van der Waals surface area contributed by atoms with Crippen LogP contribution in [-0.2, 0) is 16.1 Å². The zero-order chi connectivity index (χ0) is 22.2. The molecule has 0 aliphatic carbocycles. The number of imidazole rings is 1. The lowest BCUT2D eigenvalue weighted by atomic mass is 9.75. The third-order valence-electron chi connectivity index (χ3n) is 6.72. The number of carbonyl (C=O) groups excluding carboxylic acids is 2. The van der Waals surface area contributed by atoms with Crippen LogP contribution in [0.25, 0.3) is 0 Å². The maximum atomic E-state index is 13.8. The van der Waals surface area contributed by atoms with Crippen LogP contribution in [0, 0.1) is 11.3 Å². The van der Waals surface area contributed by atoms with Crippen molar-refractivity contribution < 1.29 is 9.59 Å². The van der Waals surface area contributed by atoms with E-state index in [-0.39, 0.29) is 17.7 Å². The van der Waals surface area contributed by atoms with Crippen molar-refractivity contribution in [3.05, 3.63) is 48.3 Å². The number of amides is 2. The normalized spacial score (nSPS) is 23.7. The number of carbonyl (C=O) groups is 2. The van der Waals surface area contributed by atoms with Gasteiger partial charge in [0.2, 0.25) is 11.8 Å². The molecule has 2 aromatic heterocycles. The van der Waals surface area contributed by atoms with Crippen LogP contribution in [0.15, 0.2) is 37.1 Å². The van der Waals surface area contributed by atoms with Crippen LogP contribution >= 0.6 is 0 Å². The van der Waals surface area contributed by atoms with Crippen LogP contribution in [0.2, 0.25) is 0 Å². The molecule has 0 saturated carbocycles. The number of likely N-dealkylation sites (tertiary alicyclic amines) is 2. The molecule has 0 aromatic carbocycles. The van der Waals surface area contributed by atoms with Gasteiger partial charge in [0.05, 0.1) is 17.4 Å². The molecule has 0 bridgehead atoms. The molecule has 2 aromatic rings. The van der Waals surface area contributed by atoms with Crippen LogP contribution in [0.1, 0.15) is 63.8 Å². The fourth-order valence-corrected chi connectivity index (χ4v) is 4.96. The maximum absolute atomic E-state index is 13.8. The first kappa shape index (κ1) is 21.5. The number of aromatic nitrogens is 3. The lowest BCUT2D eigenvalue weighted by Crippen LogP contribution is -2.40. The van der Waals surface area contributed by atoms with Crippen LogP contribution < -0.4 is 0 Å². The second-order valence-corrected chi connectivity index (χ2v) is 9.75. The molecule has 2 aliphatic rings. The lowest BCUT2D eigenvalue weighted by molar-refractivity contribution is -0.137. The number of rotatable bonds is 6. The highest BCUT2D eigenvalue weighted by atomic mass is 16.2. The van der Waals surface area contributed by atoms with Gasteiger partial charge >= 0.3 is 0 Å². The SMILES string of the molecule is CC(C)CC(=O)N1CC(c2cn(C(C)C)cn2)C2(CCN(Cc3ccncc3)C2=O)C1. The minimum absolute atomic E-state index is 0.0708. The Morgan fingerprint density at radius 2 is 1.97 bits per heavy atom. The Hall–Kier alpha value is -2.70. The van der Waals surface area contributed by atoms with Crippen LogP contribution in [0.5, 0.6) is 0 Å². The van der Waals surface area contributed by atoms with Gasteiger partial charge in [0.15, 0.2) is 0 Å². The van der Waals surface area contributed by atoms with Crippen LogP contribution in [0.3, 0.4) is 0 Å². The van der Waals surface area contributed by atoms with E-state index in [0.29, 0.717) is 44.6 Å². The average molecular weight is 424 g/mol. The number of hydrogen-bond donors (Lipinski definition) is 0. The Bertz CT molecular complexity index is 938. The molecule has 2 unspecified atom stereocenters. The summed E-state index contributed by atoms with van der Waals surface area (Å²) in [5.41, 5.74) is 1.41. The van der Waals surface area contributed by atoms with Gasteiger partial charge in [-0.1, -0.05) is 13.8 Å². The van der Waals surface area contributed by atoms with Gasteiger partial charge in [-0.2, -0.15) is 0 Å². The molecule has 2 aliphatic heterocycles. The van der Waals surface area contributed by atoms with E-state index in [4.69, 9.17) is 0 Å². The van der Waals surface area contributed by atoms with Gasteiger partial charge in [0.1, 0.15) is 0 Å². The summed E-state index contributed by atoms with van der Waals surface area (Å²) in [5, 5.41) is 0. The molecular weight excluding hydrogens is 390 g/mol. The number of nitrogens with zero attached hydrogens (tertiary/aromatic N) is 5. The molecule has 2 fully saturated rings. The standard InChI is InChI=1S/C24H33N5O2/c1-17(2)11-22(30)28-13-20(21-14-29(16-26-21)18(3)4)24(15-28)7-10-27(23(24)31)12-19-5-8-25-9-6-19/h5-6,8-9,14,16-18,20H,7,10-13,15H2,1-4H3. The summed E-state index contributed by atoms with van der Waals surface area (Å²) in [4.78, 5) is 39.3. The summed E-state index contributed by atoms with van der Waals surface area (Å²) in [6.07, 6.45) is 8.69. The molecule has 31 heavy (non-hydrogen) atoms. The van der Waals surface area contributed by atoms with Crippen molar-refractivity contribution in [2.45, 2.75) is 59.0 Å². The minimum Gasteiger partial charge on any atom is -0.341 e. The third kappa shape index (κ3) is 4.10. The fraction of sp³-hybridized carbons (Fsp3) is 0.583. The average Bonchev–Trinajstić information content (AvgIpc) is 3.43. The van der Waals surface area contributed by atoms with E-state index in [2.05, 4.69) is 48.4 Å². The predicted octanol–water partition coefficient (Wildman–Crippen LogP) is 3.25. The second kappa shape index (κ2) is 8.44. The van der Waals surface area contributed by atoms with Crippen molar-refractivity contribution in [2.24, 2.45) is 11.3 Å². The Morgan fingerprint density at radius 1 is 1.23 bits per heavy atom. The molecule has 7 heteroatoms. The maximum Gasteiger partial charge on any atom is 0.231 e. The molecule has 0 N–H and O–H groups in total. The Labute approximate surface area is 184 Å². The molecule has 4 heterocycles. The topological polar surface area (TPSA) is 71.3 Å². The van der Waals surface area contributed by atoms with Gasteiger partial charge in [-0.25, -0.2) is 4.98 Å². The molecule has 2 saturated heterocycles. The Kier molecular flexibility index (Phi) is 5.86. The Balaban J connectivity index is 1.63. The highest BCUT2D eigenvalue weighted by molar-refractivity contribution is 5.88. The summed E-state index contributed by atoms with van der Waals surface area (Å²) in [7, 11) is 0. The van der Waals surface area contributed by atoms with Crippen LogP contribution in [0.4, 0.5) is 0 Å². The van der Waals surface area contributed by atoms with Gasteiger partial charge in [-0.05, 0) is 43.9 Å². The Morgan fingerprint density at radius 3 is 2.61 bits per heavy atom. The first-order chi connectivity index (χ1) is 14.8. The van der Waals surface area contributed by atoms with Crippen molar-refractivity contribution in [1.82, 2.24) is 24.3 Å². The monoisotopic (exact) mass is 423 g/mol. The van der Waals surface area contributed by atoms with E-state index in [1.54, 1.807) is 12.4 Å². The lowest BCUT2D eigenvalue weighted by Gasteiger charge is -2.28. The summed E-state index contributed by atoms with van der Waals surface area (Å²) >= 11 is 0. The largest absolute Gasteiger partial charge is 0.341 e. The molecule has 0 radical (unpaired) electrons. The van der Waals surface area contributed by atoms with E-state index < -0.39 is 5.41 Å². The zero-order valence-electron chi connectivity index (χ0n) is 19.0. The van der Waals surface area contributed by atoms with Gasteiger partial charge in [-0.15, -0.1) is 0 Å². The quantitative estimate of drug-likeness (QED) is 0.715. The summed E-state index contributed by atoms with van der Waals surface area (Å²) < 4.78 is 2.08. The van der Waals surface area contributed by atoms with Crippen molar-refractivity contribution >= 4 is 11.8 Å². The van der Waals surface area contributed by atoms with Gasteiger partial charge < -0.3 is 14.4 Å². The number of hydrogen-bond acceptors (Lipinski definition) is 4. The smallest absolute Gasteiger partial charge is 0.231 e. The molecule has 2 amide bonds. The van der Waals surface area contributed by atoms with Crippen molar-refractivity contribution in [2.75, 3.05) is 19.6 Å². The first-order valence-electron chi connectivity index (χ1n) is 11.3. The van der Waals surface area contributed by atoms with Gasteiger partial charge in [-0.3, -0.25) is 14.6 Å². The van der Waals surface area contributed by atoms with Gasteiger partial charge in [0.25, 0.3) is 0 Å². The van der Waals surface area contributed by atoms with Crippen molar-refractivity contribution in [3.8, 4) is 0 Å². The van der Waals surface area contributed by atoms with E-state index in [1.807, 2.05) is 28.3 Å². The highest BCUT2D eigenvalue weighted by Crippen LogP contribution is 2.50. The van der Waals surface area contributed by atoms with E-state index in [1.165, 1.54) is 0 Å². The second-order valence-electron chi connectivity index (χ2n) is 9.75. The highest BCUT2D eigenvalue weighted by Gasteiger charge is 2.58. The molecule has 166 valence electrons. The fourth-order valence-electron chi connectivity index (χ4n) is 4.96. The minimum atomic E-state index is -0.587. The number of pyridine rings is 1. The summed E-state index contributed by atoms with van der Waals surface area (Å²) in [6, 6.07) is 4.21. The molecular formula is C24H33N5O2. The molecule has 1 spiro atoms. The molecule has 4 rings (SSSR count). The summed E-state index contributed by atoms with van der Waals surface area (Å²) in [5.74, 6) is 0.512. The summed E-state index contributed by atoms with van der Waals surface area (Å²) in [6.45, 7) is 10.7. The predicted molar refractivity (Wildman–Crippen MR) is 118 cm³/mol. The zero-order valence-corrected chi connectivity index (χ0v) is 19.0. The van der Waals surface area contributed by atoms with E-state index in [0.717, 1.165) is 17.7 Å². The van der Waals surface area contributed by atoms with E-state index >= 15 is 0 Å². The van der Waals surface area contributed by atoms with Crippen molar-refractivity contribution in [3.63, 3.8) is 0 Å². The van der Waals surface area contributed by atoms with Crippen LogP contribution in [-0.4, -0.2) is 55.8 Å². The van der Waals surface area contributed by atoms with Crippen molar-refractivity contribution in [1.29, 1.82) is 0 Å². The molecule has 2 atom stereocenters. The van der Waals surface area contributed by atoms with E-state index in [9.17, 15) is 9.59 Å². The van der Waals surface area contributed by atoms with Gasteiger partial charge in [0, 0.05) is 63.2 Å². The molecule has 7 nitrogen and oxygen atoms in total.